The van der Waals surface area contributed by atoms with Gasteiger partial charge in [0.1, 0.15) is 0 Å². The second-order valence-electron chi connectivity index (χ2n) is 11.6. The van der Waals surface area contributed by atoms with Crippen LogP contribution in [-0.2, 0) is 5.41 Å². The van der Waals surface area contributed by atoms with Gasteiger partial charge >= 0.3 is 0 Å². The molecule has 0 spiro atoms. The summed E-state index contributed by atoms with van der Waals surface area (Å²) in [6, 6.07) is 57.6. The van der Waals surface area contributed by atoms with Crippen molar-refractivity contribution in [2.75, 3.05) is 0 Å². The molecule has 0 aliphatic heterocycles. The minimum absolute atomic E-state index is 0.446. The second kappa shape index (κ2) is 10.5. The molecule has 2 heterocycles. The van der Waals surface area contributed by atoms with E-state index in [0.717, 1.165) is 16.6 Å². The van der Waals surface area contributed by atoms with E-state index in [4.69, 9.17) is 15.0 Å². The van der Waals surface area contributed by atoms with Gasteiger partial charge in [-0.2, -0.15) is 9.97 Å². The van der Waals surface area contributed by atoms with E-state index in [-0.39, 0.29) is 0 Å². The first-order valence-electron chi connectivity index (χ1n) is 15.5. The first-order valence-corrected chi connectivity index (χ1v) is 15.5. The van der Waals surface area contributed by atoms with Crippen LogP contribution in [0.25, 0.3) is 50.8 Å². The Kier molecular flexibility index (Phi) is 6.00. The lowest BCUT2D eigenvalue weighted by Gasteiger charge is -2.33. The van der Waals surface area contributed by atoms with Gasteiger partial charge in [-0.3, -0.25) is 4.57 Å². The standard InChI is InChI=1S/C42H28N4/c1-5-15-29(16-6-1)39-43-40(30-17-7-2-8-18-30)45-41(44-39)46-28-27-34-37(46)26-25-36-38(34)33-23-13-14-24-35(33)42(36,31-19-9-3-10-20-31)32-21-11-4-12-22-32/h1-28H. The van der Waals surface area contributed by atoms with Crippen molar-refractivity contribution in [2.45, 2.75) is 5.41 Å². The molecular weight excluding hydrogens is 560 g/mol. The van der Waals surface area contributed by atoms with E-state index in [2.05, 4.69) is 114 Å². The molecule has 0 fully saturated rings. The van der Waals surface area contributed by atoms with Crippen molar-refractivity contribution in [3.8, 4) is 39.9 Å². The highest BCUT2D eigenvalue weighted by Crippen LogP contribution is 2.57. The molecular formula is C42H28N4. The van der Waals surface area contributed by atoms with Gasteiger partial charge in [0, 0.05) is 22.7 Å². The molecule has 2 aromatic heterocycles. The number of hydrogen-bond donors (Lipinski definition) is 0. The molecule has 8 aromatic rings. The summed E-state index contributed by atoms with van der Waals surface area (Å²) >= 11 is 0. The SMILES string of the molecule is c1ccc(-c2nc(-c3ccccc3)nc(-n3ccc4c5c(ccc43)C(c3ccccc3)(c3ccccc3)c3ccccc3-5)n2)cc1. The molecule has 0 radical (unpaired) electrons. The quantitative estimate of drug-likeness (QED) is 0.201. The van der Waals surface area contributed by atoms with Crippen LogP contribution in [0.5, 0.6) is 0 Å². The number of benzene rings is 6. The van der Waals surface area contributed by atoms with Gasteiger partial charge in [-0.15, -0.1) is 0 Å². The first-order chi connectivity index (χ1) is 22.8. The Balaban J connectivity index is 1.31. The van der Waals surface area contributed by atoms with E-state index >= 15 is 0 Å². The number of rotatable bonds is 5. The van der Waals surface area contributed by atoms with E-state index in [0.29, 0.717) is 17.6 Å². The zero-order chi connectivity index (χ0) is 30.5. The lowest BCUT2D eigenvalue weighted by atomic mass is 9.67. The summed E-state index contributed by atoms with van der Waals surface area (Å²) in [5.41, 5.74) is 10.1. The van der Waals surface area contributed by atoms with E-state index in [9.17, 15) is 0 Å². The Labute approximate surface area is 267 Å². The Bertz CT molecular complexity index is 2250. The van der Waals surface area contributed by atoms with Crippen molar-refractivity contribution in [2.24, 2.45) is 0 Å². The van der Waals surface area contributed by atoms with Crippen molar-refractivity contribution in [3.63, 3.8) is 0 Å². The molecule has 6 aromatic carbocycles. The van der Waals surface area contributed by atoms with Gasteiger partial charge in [-0.25, -0.2) is 4.98 Å². The van der Waals surface area contributed by atoms with Crippen LogP contribution < -0.4 is 0 Å². The van der Waals surface area contributed by atoms with Crippen LogP contribution in [0.15, 0.2) is 170 Å². The Morgan fingerprint density at radius 3 is 1.54 bits per heavy atom. The molecule has 9 rings (SSSR count). The van der Waals surface area contributed by atoms with Crippen molar-refractivity contribution in [1.29, 1.82) is 0 Å². The van der Waals surface area contributed by atoms with Gasteiger partial charge in [0.15, 0.2) is 11.6 Å². The van der Waals surface area contributed by atoms with E-state index < -0.39 is 5.41 Å². The van der Waals surface area contributed by atoms with Crippen LogP contribution in [0, 0.1) is 0 Å². The minimum Gasteiger partial charge on any atom is -0.285 e. The van der Waals surface area contributed by atoms with Crippen LogP contribution in [0.3, 0.4) is 0 Å². The Morgan fingerprint density at radius 2 is 0.957 bits per heavy atom. The number of fused-ring (bicyclic) bond motifs is 5. The second-order valence-corrected chi connectivity index (χ2v) is 11.6. The fourth-order valence-corrected chi connectivity index (χ4v) is 7.24. The fourth-order valence-electron chi connectivity index (χ4n) is 7.24. The molecule has 46 heavy (non-hydrogen) atoms. The summed E-state index contributed by atoms with van der Waals surface area (Å²) in [5.74, 6) is 1.88. The molecule has 0 amide bonds. The normalized spacial score (nSPS) is 13.0. The topological polar surface area (TPSA) is 43.6 Å². The molecule has 0 saturated carbocycles. The lowest BCUT2D eigenvalue weighted by Crippen LogP contribution is -2.28. The third kappa shape index (κ3) is 3.90. The van der Waals surface area contributed by atoms with Crippen LogP contribution >= 0.6 is 0 Å². The van der Waals surface area contributed by atoms with Crippen molar-refractivity contribution in [3.05, 3.63) is 192 Å². The van der Waals surface area contributed by atoms with E-state index in [1.54, 1.807) is 0 Å². The largest absolute Gasteiger partial charge is 0.285 e. The molecule has 4 heteroatoms. The number of aromatic nitrogens is 4. The highest BCUT2D eigenvalue weighted by Gasteiger charge is 2.46. The molecule has 0 saturated heterocycles. The Hall–Kier alpha value is -6.13. The van der Waals surface area contributed by atoms with E-state index in [1.165, 1.54) is 38.8 Å². The van der Waals surface area contributed by atoms with Crippen molar-refractivity contribution >= 4 is 10.9 Å². The molecule has 216 valence electrons. The monoisotopic (exact) mass is 588 g/mol. The predicted molar refractivity (Wildman–Crippen MR) is 185 cm³/mol. The number of hydrogen-bond acceptors (Lipinski definition) is 3. The maximum absolute atomic E-state index is 5.02. The molecule has 0 bridgehead atoms. The maximum Gasteiger partial charge on any atom is 0.238 e. The molecule has 0 unspecified atom stereocenters. The van der Waals surface area contributed by atoms with Gasteiger partial charge in [-0.1, -0.05) is 152 Å². The zero-order valence-electron chi connectivity index (χ0n) is 25.0. The van der Waals surface area contributed by atoms with Gasteiger partial charge in [0.05, 0.1) is 10.9 Å². The predicted octanol–water partition coefficient (Wildman–Crippen LogP) is 9.51. The van der Waals surface area contributed by atoms with Gasteiger partial charge < -0.3 is 0 Å². The van der Waals surface area contributed by atoms with Gasteiger partial charge in [-0.05, 0) is 45.5 Å². The summed E-state index contributed by atoms with van der Waals surface area (Å²) in [6.07, 6.45) is 2.09. The molecule has 4 nitrogen and oxygen atoms in total. The van der Waals surface area contributed by atoms with Gasteiger partial charge in [0.2, 0.25) is 5.95 Å². The summed E-state index contributed by atoms with van der Waals surface area (Å²) in [7, 11) is 0. The third-order valence-corrected chi connectivity index (χ3v) is 9.19. The molecule has 1 aliphatic rings. The Morgan fingerprint density at radius 1 is 0.435 bits per heavy atom. The third-order valence-electron chi connectivity index (χ3n) is 9.19. The highest BCUT2D eigenvalue weighted by atomic mass is 15.2. The van der Waals surface area contributed by atoms with Crippen LogP contribution in [0.1, 0.15) is 22.3 Å². The average Bonchev–Trinajstić information content (AvgIpc) is 3.71. The van der Waals surface area contributed by atoms with Crippen LogP contribution in [0.2, 0.25) is 0 Å². The summed E-state index contributed by atoms with van der Waals surface area (Å²) in [4.78, 5) is 15.0. The molecule has 0 atom stereocenters. The van der Waals surface area contributed by atoms with Crippen LogP contribution in [-0.4, -0.2) is 19.5 Å². The van der Waals surface area contributed by atoms with Gasteiger partial charge in [0.25, 0.3) is 0 Å². The highest BCUT2D eigenvalue weighted by molar-refractivity contribution is 6.03. The molecule has 0 N–H and O–H groups in total. The summed E-state index contributed by atoms with van der Waals surface area (Å²) in [6.45, 7) is 0. The first kappa shape index (κ1) is 26.3. The minimum atomic E-state index is -0.446. The molecule has 1 aliphatic carbocycles. The summed E-state index contributed by atoms with van der Waals surface area (Å²) in [5, 5.41) is 1.17. The average molecular weight is 589 g/mol. The van der Waals surface area contributed by atoms with Crippen molar-refractivity contribution in [1.82, 2.24) is 19.5 Å². The van der Waals surface area contributed by atoms with Crippen molar-refractivity contribution < 1.29 is 0 Å². The maximum atomic E-state index is 5.02. The van der Waals surface area contributed by atoms with Crippen LogP contribution in [0.4, 0.5) is 0 Å². The summed E-state index contributed by atoms with van der Waals surface area (Å²) < 4.78 is 2.10. The lowest BCUT2D eigenvalue weighted by molar-refractivity contribution is 0.769. The smallest absolute Gasteiger partial charge is 0.238 e. The van der Waals surface area contributed by atoms with E-state index in [1.807, 2.05) is 60.7 Å². The zero-order valence-corrected chi connectivity index (χ0v) is 25.0. The fraction of sp³-hybridized carbons (Fsp3) is 0.0238. The number of nitrogens with zero attached hydrogens (tertiary/aromatic N) is 4.